The van der Waals surface area contributed by atoms with Crippen molar-refractivity contribution in [3.05, 3.63) is 114 Å². The largest absolute Gasteiger partial charge is 0.513 e. The fourth-order valence-electron chi connectivity index (χ4n) is 5.15. The van der Waals surface area contributed by atoms with Crippen LogP contribution in [0.5, 0.6) is 0 Å². The highest BCUT2D eigenvalue weighted by molar-refractivity contribution is 5.91. The first-order chi connectivity index (χ1) is 18.2. The fourth-order valence-corrected chi connectivity index (χ4v) is 5.15. The molecule has 0 saturated heterocycles. The lowest BCUT2D eigenvalue weighted by Gasteiger charge is -2.19. The van der Waals surface area contributed by atoms with E-state index in [2.05, 4.69) is 64.1 Å². The predicted octanol–water partition coefficient (Wildman–Crippen LogP) is 5.97. The number of nitrogens with zero attached hydrogens (tertiary/aromatic N) is 5. The number of hydrogen-bond donors (Lipinski definition) is 2. The second-order valence-electron chi connectivity index (χ2n) is 9.39. The number of anilines is 1. The summed E-state index contributed by atoms with van der Waals surface area (Å²) in [6.45, 7) is 0.715. The number of aliphatic hydroxyl groups excluding tert-OH is 1. The molecule has 0 radical (unpaired) electrons. The van der Waals surface area contributed by atoms with Gasteiger partial charge in [0.05, 0.1) is 16.8 Å². The zero-order valence-electron chi connectivity index (χ0n) is 20.0. The number of benzene rings is 3. The molecule has 3 N–H and O–H groups in total. The van der Waals surface area contributed by atoms with Crippen LogP contribution in [0, 0.1) is 0 Å². The monoisotopic (exact) mass is 484 g/mol. The number of rotatable bonds is 5. The van der Waals surface area contributed by atoms with Crippen LogP contribution in [0.2, 0.25) is 0 Å². The van der Waals surface area contributed by atoms with Gasteiger partial charge in [0.15, 0.2) is 0 Å². The van der Waals surface area contributed by atoms with Crippen LogP contribution in [0.25, 0.3) is 39.2 Å². The molecule has 7 heteroatoms. The van der Waals surface area contributed by atoms with Crippen molar-refractivity contribution in [3.8, 4) is 22.6 Å². The first-order valence-electron chi connectivity index (χ1n) is 12.3. The maximum absolute atomic E-state index is 9.75. The molecule has 6 aromatic rings. The van der Waals surface area contributed by atoms with Gasteiger partial charge in [0, 0.05) is 42.4 Å². The van der Waals surface area contributed by atoms with Gasteiger partial charge in [-0.2, -0.15) is 0 Å². The van der Waals surface area contributed by atoms with Crippen LogP contribution < -0.4 is 5.73 Å². The van der Waals surface area contributed by atoms with E-state index in [-0.39, 0.29) is 5.92 Å². The van der Waals surface area contributed by atoms with Crippen LogP contribution in [-0.2, 0) is 6.54 Å². The van der Waals surface area contributed by atoms with Crippen LogP contribution >= 0.6 is 0 Å². The third-order valence-corrected chi connectivity index (χ3v) is 7.00. The summed E-state index contributed by atoms with van der Waals surface area (Å²) < 4.78 is 4.25. The first kappa shape index (κ1) is 21.4. The van der Waals surface area contributed by atoms with Gasteiger partial charge in [-0.05, 0) is 23.8 Å². The van der Waals surface area contributed by atoms with Gasteiger partial charge in [-0.3, -0.25) is 4.40 Å². The Bertz CT molecular complexity index is 1800. The second-order valence-corrected chi connectivity index (χ2v) is 9.39. The van der Waals surface area contributed by atoms with Crippen LogP contribution in [0.1, 0.15) is 23.7 Å². The molecule has 3 heterocycles. The maximum Gasteiger partial charge on any atom is 0.150 e. The van der Waals surface area contributed by atoms with Gasteiger partial charge in [-0.1, -0.05) is 66.7 Å². The third-order valence-electron chi connectivity index (χ3n) is 7.00. The van der Waals surface area contributed by atoms with Crippen LogP contribution in [0.4, 0.5) is 5.82 Å². The van der Waals surface area contributed by atoms with Crippen molar-refractivity contribution in [1.82, 2.24) is 23.9 Å². The van der Waals surface area contributed by atoms with E-state index < -0.39 is 0 Å². The lowest BCUT2D eigenvalue weighted by atomic mass is 9.92. The Morgan fingerprint density at radius 2 is 1.68 bits per heavy atom. The third kappa shape index (κ3) is 3.55. The summed E-state index contributed by atoms with van der Waals surface area (Å²) in [4.78, 5) is 14.4. The van der Waals surface area contributed by atoms with Crippen molar-refractivity contribution in [2.24, 2.45) is 0 Å². The SMILES string of the molecule is Nc1nccn2c([C@H]3C=C(O)C3)nc(-c3ccc4c(c3)nc(-c3ccccc3)n4Cc3ccccc3)c12. The first-order valence-corrected chi connectivity index (χ1v) is 12.3. The minimum atomic E-state index is 0.0431. The van der Waals surface area contributed by atoms with Gasteiger partial charge in [-0.25, -0.2) is 15.0 Å². The molecule has 3 aromatic carbocycles. The van der Waals surface area contributed by atoms with Crippen molar-refractivity contribution in [2.45, 2.75) is 18.9 Å². The normalized spacial score (nSPS) is 15.1. The molecule has 7 nitrogen and oxygen atoms in total. The van der Waals surface area contributed by atoms with Gasteiger partial charge in [0.1, 0.15) is 28.7 Å². The van der Waals surface area contributed by atoms with E-state index in [1.807, 2.05) is 40.9 Å². The Hall–Kier alpha value is -4.91. The smallest absolute Gasteiger partial charge is 0.150 e. The standard InChI is InChI=1S/C30H24N6O/c31-28-27-26(34-30(22-15-23(37)16-22)35(27)14-13-32-28)21-11-12-25-24(17-21)33-29(20-9-5-2-6-10-20)36(25)18-19-7-3-1-4-8-19/h1-15,17,22,37H,16,18H2,(H2,31,32)/t22-/m0/s1. The molecule has 7 rings (SSSR count). The number of imidazole rings is 2. The number of nitrogens with two attached hydrogens (primary N) is 1. The van der Waals surface area contributed by atoms with Gasteiger partial charge < -0.3 is 15.4 Å². The molecule has 180 valence electrons. The lowest BCUT2D eigenvalue weighted by Crippen LogP contribution is -2.11. The molecule has 1 aliphatic carbocycles. The summed E-state index contributed by atoms with van der Waals surface area (Å²) in [6, 6.07) is 27.0. The zero-order valence-corrected chi connectivity index (χ0v) is 20.0. The molecule has 0 aliphatic heterocycles. The number of aliphatic hydroxyl groups is 1. The van der Waals surface area contributed by atoms with Crippen molar-refractivity contribution >= 4 is 22.4 Å². The Morgan fingerprint density at radius 3 is 2.43 bits per heavy atom. The van der Waals surface area contributed by atoms with Gasteiger partial charge in [-0.15, -0.1) is 0 Å². The van der Waals surface area contributed by atoms with E-state index in [4.69, 9.17) is 15.7 Å². The van der Waals surface area contributed by atoms with Crippen molar-refractivity contribution in [3.63, 3.8) is 0 Å². The van der Waals surface area contributed by atoms with Crippen LogP contribution in [-0.4, -0.2) is 29.0 Å². The minimum absolute atomic E-state index is 0.0431. The van der Waals surface area contributed by atoms with Gasteiger partial charge in [0.2, 0.25) is 0 Å². The highest BCUT2D eigenvalue weighted by Gasteiger charge is 2.27. The second kappa shape index (κ2) is 8.34. The van der Waals surface area contributed by atoms with Crippen LogP contribution in [0.3, 0.4) is 0 Å². The highest BCUT2D eigenvalue weighted by Crippen LogP contribution is 2.38. The molecule has 0 fully saturated rings. The molecule has 1 aliphatic rings. The maximum atomic E-state index is 9.75. The Labute approximate surface area is 213 Å². The van der Waals surface area contributed by atoms with E-state index in [0.29, 0.717) is 24.5 Å². The number of nitrogen functional groups attached to an aromatic ring is 1. The summed E-state index contributed by atoms with van der Waals surface area (Å²) in [6.07, 6.45) is 5.96. The molecule has 0 unspecified atom stereocenters. The molecular weight excluding hydrogens is 460 g/mol. The number of hydrogen-bond acceptors (Lipinski definition) is 5. The Morgan fingerprint density at radius 1 is 0.919 bits per heavy atom. The number of aromatic nitrogens is 5. The molecule has 0 bridgehead atoms. The van der Waals surface area contributed by atoms with Crippen molar-refractivity contribution in [2.75, 3.05) is 5.73 Å². The predicted molar refractivity (Wildman–Crippen MR) is 145 cm³/mol. The molecule has 0 amide bonds. The zero-order chi connectivity index (χ0) is 24.9. The molecular formula is C30H24N6O. The van der Waals surface area contributed by atoms with Gasteiger partial charge >= 0.3 is 0 Å². The number of allylic oxidation sites excluding steroid dienone is 2. The number of fused-ring (bicyclic) bond motifs is 2. The van der Waals surface area contributed by atoms with Gasteiger partial charge in [0.25, 0.3) is 0 Å². The molecule has 0 spiro atoms. The fraction of sp³-hybridized carbons (Fsp3) is 0.100. The van der Waals surface area contributed by atoms with E-state index in [1.54, 1.807) is 6.20 Å². The molecule has 1 atom stereocenters. The summed E-state index contributed by atoms with van der Waals surface area (Å²) in [5.41, 5.74) is 13.0. The van der Waals surface area contributed by atoms with E-state index in [0.717, 1.165) is 45.0 Å². The quantitative estimate of drug-likeness (QED) is 0.314. The average molecular weight is 485 g/mol. The van der Waals surface area contributed by atoms with Crippen molar-refractivity contribution < 1.29 is 5.11 Å². The van der Waals surface area contributed by atoms with Crippen molar-refractivity contribution in [1.29, 1.82) is 0 Å². The van der Waals surface area contributed by atoms with E-state index in [1.165, 1.54) is 5.56 Å². The summed E-state index contributed by atoms with van der Waals surface area (Å²) >= 11 is 0. The summed E-state index contributed by atoms with van der Waals surface area (Å²) in [5.74, 6) is 2.62. The minimum Gasteiger partial charge on any atom is -0.513 e. The molecule has 37 heavy (non-hydrogen) atoms. The Kier molecular flexibility index (Phi) is 4.82. The Balaban J connectivity index is 1.41. The van der Waals surface area contributed by atoms with E-state index in [9.17, 15) is 5.11 Å². The van der Waals surface area contributed by atoms with Crippen LogP contribution in [0.15, 0.2) is 103 Å². The topological polar surface area (TPSA) is 94.3 Å². The lowest BCUT2D eigenvalue weighted by molar-refractivity contribution is 0.346. The highest BCUT2D eigenvalue weighted by atomic mass is 16.3. The molecule has 3 aromatic heterocycles. The average Bonchev–Trinajstić information content (AvgIpc) is 3.47. The molecule has 0 saturated carbocycles. The summed E-state index contributed by atoms with van der Waals surface area (Å²) in [5, 5.41) is 9.75. The summed E-state index contributed by atoms with van der Waals surface area (Å²) in [7, 11) is 0. The van der Waals surface area contributed by atoms with E-state index >= 15 is 0 Å².